The molecule has 3 heteroatoms. The Balaban J connectivity index is 1.55. The van der Waals surface area contributed by atoms with E-state index in [1.165, 1.54) is 63.4 Å². The third-order valence-electron chi connectivity index (χ3n) is 13.7. The minimum atomic E-state index is -0.148. The van der Waals surface area contributed by atoms with Crippen LogP contribution in [0.25, 0.3) is 0 Å². The van der Waals surface area contributed by atoms with Gasteiger partial charge in [-0.2, -0.15) is 0 Å². The Bertz CT molecular complexity index is 839. The van der Waals surface area contributed by atoms with Crippen molar-refractivity contribution in [2.45, 2.75) is 105 Å². The lowest BCUT2D eigenvalue weighted by molar-refractivity contribution is -0.238. The molecule has 3 nitrogen and oxygen atoms in total. The van der Waals surface area contributed by atoms with Crippen LogP contribution in [0.5, 0.6) is 0 Å². The maximum atomic E-state index is 10.5. The zero-order valence-electron chi connectivity index (χ0n) is 22.1. The van der Waals surface area contributed by atoms with Gasteiger partial charge in [0.15, 0.2) is 0 Å². The van der Waals surface area contributed by atoms with E-state index in [-0.39, 0.29) is 28.9 Å². The van der Waals surface area contributed by atoms with Crippen molar-refractivity contribution in [2.75, 3.05) is 6.61 Å². The number of rotatable bonds is 3. The van der Waals surface area contributed by atoms with Crippen LogP contribution in [0, 0.1) is 62.1 Å². The molecule has 0 aliphatic heterocycles. The summed E-state index contributed by atoms with van der Waals surface area (Å²) in [6.45, 7) is 17.1. The molecule has 5 aliphatic rings. The first-order valence-corrected chi connectivity index (χ1v) is 14.0. The second-order valence-corrected chi connectivity index (χ2v) is 14.4. The van der Waals surface area contributed by atoms with Crippen molar-refractivity contribution in [3.05, 3.63) is 12.2 Å². The van der Waals surface area contributed by atoms with Crippen LogP contribution in [0.2, 0.25) is 0 Å². The Morgan fingerprint density at radius 2 is 1.67 bits per heavy atom. The highest BCUT2D eigenvalue weighted by molar-refractivity contribution is 5.64. The summed E-state index contributed by atoms with van der Waals surface area (Å²) in [4.78, 5) is 0. The zero-order valence-corrected chi connectivity index (χ0v) is 22.1. The van der Waals surface area contributed by atoms with Gasteiger partial charge in [-0.25, -0.2) is 0 Å². The lowest BCUT2D eigenvalue weighted by atomic mass is 9.32. The quantitative estimate of drug-likeness (QED) is 0.332. The van der Waals surface area contributed by atoms with E-state index >= 15 is 0 Å². The summed E-state index contributed by atoms with van der Waals surface area (Å²) in [6.07, 6.45) is 14.1. The number of aliphatic hydroxyl groups is 1. The third kappa shape index (κ3) is 2.79. The van der Waals surface area contributed by atoms with E-state index in [0.29, 0.717) is 40.4 Å². The molecule has 5 aliphatic carbocycles. The first-order chi connectivity index (χ1) is 15.4. The molecule has 11 atom stereocenters. The monoisotopic (exact) mass is 454 g/mol. The molecule has 5 rings (SSSR count). The van der Waals surface area contributed by atoms with Crippen molar-refractivity contribution in [3.8, 4) is 0 Å². The number of fused-ring (bicyclic) bond motifs is 7. The summed E-state index contributed by atoms with van der Waals surface area (Å²) in [5.41, 5.74) is 8.92. The fourth-order valence-corrected chi connectivity index (χ4v) is 11.5. The van der Waals surface area contributed by atoms with Crippen LogP contribution in [0.3, 0.4) is 0 Å². The molecule has 0 aromatic heterocycles. The number of nitrogens with two attached hydrogens (primary N) is 1. The fraction of sp³-hybridized carbons (Fsp3) is 0.900. The summed E-state index contributed by atoms with van der Waals surface area (Å²) in [5.74, 6) is 3.13. The van der Waals surface area contributed by atoms with Gasteiger partial charge in [0.2, 0.25) is 0 Å². The first-order valence-electron chi connectivity index (χ1n) is 14.0. The van der Waals surface area contributed by atoms with E-state index in [1.807, 2.05) is 6.21 Å². The highest BCUT2D eigenvalue weighted by Gasteiger charge is 2.70. The van der Waals surface area contributed by atoms with E-state index in [0.717, 1.165) is 6.42 Å². The number of aliphatic hydroxyl groups excluding tert-OH is 1. The minimum Gasteiger partial charge on any atom is -0.396 e. The van der Waals surface area contributed by atoms with Crippen LogP contribution in [0.4, 0.5) is 0 Å². The van der Waals surface area contributed by atoms with Crippen molar-refractivity contribution >= 4 is 6.21 Å². The highest BCUT2D eigenvalue weighted by atomic mass is 16.3. The molecular weight excluding hydrogens is 404 g/mol. The first kappa shape index (κ1) is 24.0. The lowest BCUT2D eigenvalue weighted by Crippen LogP contribution is -2.68. The molecule has 0 heterocycles. The summed E-state index contributed by atoms with van der Waals surface area (Å²) >= 11 is 0. The van der Waals surface area contributed by atoms with Crippen molar-refractivity contribution in [2.24, 2.45) is 62.4 Å². The fourth-order valence-electron chi connectivity index (χ4n) is 11.5. The van der Waals surface area contributed by atoms with Crippen LogP contribution in [0.15, 0.2) is 12.2 Å². The second-order valence-electron chi connectivity index (χ2n) is 14.4. The molecule has 0 amide bonds. The van der Waals surface area contributed by atoms with Gasteiger partial charge in [0.25, 0.3) is 0 Å². The predicted octanol–water partition coefficient (Wildman–Crippen LogP) is 6.59. The maximum Gasteiger partial charge on any atom is 0.0502 e. The molecule has 0 bridgehead atoms. The van der Waals surface area contributed by atoms with Gasteiger partial charge in [0, 0.05) is 23.1 Å². The molecule has 186 valence electrons. The van der Waals surface area contributed by atoms with Crippen LogP contribution in [-0.4, -0.2) is 24.0 Å². The normalized spacial score (nSPS) is 57.9. The molecule has 33 heavy (non-hydrogen) atoms. The Kier molecular flexibility index (Phi) is 5.40. The van der Waals surface area contributed by atoms with Crippen molar-refractivity contribution in [1.82, 2.24) is 0 Å². The molecule has 4 N–H and O–H groups in total. The molecule has 5 fully saturated rings. The van der Waals surface area contributed by atoms with E-state index in [2.05, 4.69) is 41.2 Å². The SMILES string of the molecule is C=C(C)[C@@H]1CC[C@]2(C=N)CC[C@]3(C)[C@H](CC[C@@H]4[C@@]5(C)CC[C@H](N)C(C)(CO)[C@@H]5CC[C@]43C)[C@@H]12. The smallest absolute Gasteiger partial charge is 0.0502 e. The summed E-state index contributed by atoms with van der Waals surface area (Å²) in [6, 6.07) is 0.120. The van der Waals surface area contributed by atoms with Gasteiger partial charge in [0.05, 0.1) is 6.61 Å². The average Bonchev–Trinajstić information content (AvgIpc) is 3.17. The number of allylic oxidation sites excluding steroid dienone is 1. The molecule has 0 aromatic rings. The molecule has 0 spiro atoms. The van der Waals surface area contributed by atoms with Crippen molar-refractivity contribution < 1.29 is 5.11 Å². The molecule has 0 aromatic carbocycles. The second kappa shape index (κ2) is 7.42. The van der Waals surface area contributed by atoms with Gasteiger partial charge < -0.3 is 16.2 Å². The van der Waals surface area contributed by atoms with Gasteiger partial charge in [-0.3, -0.25) is 0 Å². The predicted molar refractivity (Wildman–Crippen MR) is 137 cm³/mol. The highest BCUT2D eigenvalue weighted by Crippen LogP contribution is 2.77. The van der Waals surface area contributed by atoms with Crippen LogP contribution in [-0.2, 0) is 0 Å². The van der Waals surface area contributed by atoms with E-state index < -0.39 is 0 Å². The summed E-state index contributed by atoms with van der Waals surface area (Å²) in [7, 11) is 0. The van der Waals surface area contributed by atoms with Gasteiger partial charge >= 0.3 is 0 Å². The Morgan fingerprint density at radius 3 is 2.30 bits per heavy atom. The van der Waals surface area contributed by atoms with E-state index in [4.69, 9.17) is 11.1 Å². The van der Waals surface area contributed by atoms with E-state index in [9.17, 15) is 5.11 Å². The van der Waals surface area contributed by atoms with Crippen LogP contribution >= 0.6 is 0 Å². The van der Waals surface area contributed by atoms with Gasteiger partial charge in [-0.15, -0.1) is 0 Å². The third-order valence-corrected chi connectivity index (χ3v) is 13.7. The van der Waals surface area contributed by atoms with Gasteiger partial charge in [0.1, 0.15) is 0 Å². The zero-order chi connectivity index (χ0) is 24.0. The Hall–Kier alpha value is -0.670. The largest absolute Gasteiger partial charge is 0.396 e. The standard InChI is InChI=1S/C30H50N2O/c1-19(2)20-9-14-30(17-31)16-15-28(5)21(25(20)30)7-8-23-26(3)12-11-24(32)27(4,18-33)22(26)10-13-29(23,28)6/h17,20-25,31,33H,1,7-16,18,32H2,2-6H3/t20-,21+,22+,23+,24-,25+,26-,27?,28+,29+,30+/m0/s1. The van der Waals surface area contributed by atoms with Crippen LogP contribution < -0.4 is 5.73 Å². The molecular formula is C30H50N2O. The molecule has 0 radical (unpaired) electrons. The van der Waals surface area contributed by atoms with Gasteiger partial charge in [-0.1, -0.05) is 39.8 Å². The number of hydrogen-bond donors (Lipinski definition) is 3. The lowest BCUT2D eigenvalue weighted by Gasteiger charge is -2.73. The van der Waals surface area contributed by atoms with Crippen molar-refractivity contribution in [3.63, 3.8) is 0 Å². The molecule has 1 unspecified atom stereocenters. The maximum absolute atomic E-state index is 10.5. The summed E-state index contributed by atoms with van der Waals surface area (Å²) in [5, 5.41) is 19.0. The summed E-state index contributed by atoms with van der Waals surface area (Å²) < 4.78 is 0. The molecule has 0 saturated heterocycles. The Labute approximate surface area is 202 Å². The van der Waals surface area contributed by atoms with Gasteiger partial charge in [-0.05, 0) is 117 Å². The van der Waals surface area contributed by atoms with Crippen LogP contribution in [0.1, 0.15) is 98.8 Å². The number of hydrogen-bond acceptors (Lipinski definition) is 3. The average molecular weight is 455 g/mol. The molecule has 5 saturated carbocycles. The van der Waals surface area contributed by atoms with E-state index in [1.54, 1.807) is 0 Å². The Morgan fingerprint density at radius 1 is 0.939 bits per heavy atom. The van der Waals surface area contributed by atoms with Crippen molar-refractivity contribution in [1.29, 1.82) is 5.41 Å². The number of nitrogens with one attached hydrogen (secondary N) is 1. The minimum absolute atomic E-state index is 0.116. The topological polar surface area (TPSA) is 70.1 Å².